The molecule has 0 atom stereocenters. The Hall–Kier alpha value is -1.96. The summed E-state index contributed by atoms with van der Waals surface area (Å²) in [5, 5.41) is 1.29. The lowest BCUT2D eigenvalue weighted by atomic mass is 10.1. The van der Waals surface area contributed by atoms with Crippen molar-refractivity contribution in [2.45, 2.75) is 0 Å². The van der Waals surface area contributed by atoms with Gasteiger partial charge in [0.15, 0.2) is 17.4 Å². The first-order valence-electron chi connectivity index (χ1n) is 4.90. The lowest BCUT2D eigenvalue weighted by molar-refractivity contribution is -0.115. The van der Waals surface area contributed by atoms with Crippen molar-refractivity contribution in [1.29, 1.82) is 0 Å². The first-order chi connectivity index (χ1) is 8.93. The van der Waals surface area contributed by atoms with Crippen LogP contribution in [0.4, 0.5) is 18.0 Å². The van der Waals surface area contributed by atoms with E-state index >= 15 is 0 Å². The second-order valence-electron chi connectivity index (χ2n) is 3.45. The molecule has 0 aromatic heterocycles. The van der Waals surface area contributed by atoms with Crippen molar-refractivity contribution in [2.24, 2.45) is 0 Å². The van der Waals surface area contributed by atoms with Gasteiger partial charge in [-0.1, -0.05) is 0 Å². The lowest BCUT2D eigenvalue weighted by Crippen LogP contribution is -2.17. The van der Waals surface area contributed by atoms with Gasteiger partial charge in [-0.3, -0.25) is 14.9 Å². The molecular formula is C11H6F3NO3S. The molecule has 4 nitrogen and oxygen atoms in total. The number of nitrogens with one attached hydrogen (secondary N) is 1. The van der Waals surface area contributed by atoms with Crippen LogP contribution in [0.25, 0.3) is 6.08 Å². The van der Waals surface area contributed by atoms with Crippen LogP contribution in [0.2, 0.25) is 0 Å². The molecule has 2 amide bonds. The molecule has 1 saturated heterocycles. The van der Waals surface area contributed by atoms with E-state index in [1.165, 1.54) is 0 Å². The van der Waals surface area contributed by atoms with Crippen LogP contribution in [0.5, 0.6) is 5.75 Å². The minimum atomic E-state index is -1.28. The lowest BCUT2D eigenvalue weighted by Gasteiger charge is -2.07. The van der Waals surface area contributed by atoms with Crippen LogP contribution < -0.4 is 10.1 Å². The average Bonchev–Trinajstić information content (AvgIpc) is 2.63. The van der Waals surface area contributed by atoms with E-state index in [4.69, 9.17) is 0 Å². The van der Waals surface area contributed by atoms with Crippen LogP contribution in [-0.2, 0) is 4.79 Å². The minimum Gasteiger partial charge on any atom is -0.491 e. The van der Waals surface area contributed by atoms with Gasteiger partial charge in [-0.05, 0) is 17.8 Å². The normalized spacial score (nSPS) is 16.9. The van der Waals surface area contributed by atoms with E-state index in [2.05, 4.69) is 4.74 Å². The maximum atomic E-state index is 13.8. The Morgan fingerprint density at radius 3 is 2.47 bits per heavy atom. The maximum Gasteiger partial charge on any atom is 0.290 e. The molecule has 8 heteroatoms. The van der Waals surface area contributed by atoms with Crippen molar-refractivity contribution in [2.75, 3.05) is 7.11 Å². The van der Waals surface area contributed by atoms with E-state index in [9.17, 15) is 22.8 Å². The number of thioether (sulfide) groups is 1. The molecule has 0 spiro atoms. The van der Waals surface area contributed by atoms with Crippen LogP contribution in [0.1, 0.15) is 5.56 Å². The Balaban J connectivity index is 2.55. The van der Waals surface area contributed by atoms with Gasteiger partial charge in [0.1, 0.15) is 5.82 Å². The van der Waals surface area contributed by atoms with E-state index in [1.807, 2.05) is 5.32 Å². The van der Waals surface area contributed by atoms with Gasteiger partial charge < -0.3 is 4.74 Å². The standard InChI is InChI=1S/C11H6F3NO3S/c1-18-9-6(13)3-5(12)4(8(9)14)2-7-10(16)15-11(17)19-7/h2-3H,1H3,(H,15,16,17)/b7-2-. The van der Waals surface area contributed by atoms with E-state index < -0.39 is 39.9 Å². The molecule has 1 aliphatic rings. The Morgan fingerprint density at radius 2 is 1.95 bits per heavy atom. The number of imide groups is 1. The molecule has 2 rings (SSSR count). The minimum absolute atomic E-state index is 0.184. The highest BCUT2D eigenvalue weighted by molar-refractivity contribution is 8.18. The van der Waals surface area contributed by atoms with Gasteiger partial charge in [0.25, 0.3) is 11.1 Å². The summed E-state index contributed by atoms with van der Waals surface area (Å²) in [6, 6.07) is 0.438. The number of methoxy groups -OCH3 is 1. The zero-order valence-corrected chi connectivity index (χ0v) is 10.2. The van der Waals surface area contributed by atoms with Crippen LogP contribution in [-0.4, -0.2) is 18.3 Å². The zero-order valence-electron chi connectivity index (χ0n) is 9.42. The monoisotopic (exact) mass is 289 g/mol. The van der Waals surface area contributed by atoms with Crippen LogP contribution in [0, 0.1) is 17.5 Å². The molecule has 19 heavy (non-hydrogen) atoms. The van der Waals surface area contributed by atoms with Gasteiger partial charge >= 0.3 is 0 Å². The van der Waals surface area contributed by atoms with Crippen molar-refractivity contribution >= 4 is 29.0 Å². The molecule has 1 aliphatic heterocycles. The van der Waals surface area contributed by atoms with E-state index in [0.29, 0.717) is 17.8 Å². The Bertz CT molecular complexity index is 616. The third-order valence-electron chi connectivity index (χ3n) is 2.29. The summed E-state index contributed by atoms with van der Waals surface area (Å²) in [7, 11) is 1.02. The Kier molecular flexibility index (Phi) is 3.52. The molecular weight excluding hydrogens is 283 g/mol. The van der Waals surface area contributed by atoms with Crippen molar-refractivity contribution < 1.29 is 27.5 Å². The molecule has 0 bridgehead atoms. The summed E-state index contributed by atoms with van der Waals surface area (Å²) in [4.78, 5) is 22.0. The summed E-state index contributed by atoms with van der Waals surface area (Å²) in [5.41, 5.74) is -0.648. The number of hydrogen-bond donors (Lipinski definition) is 1. The Morgan fingerprint density at radius 1 is 1.26 bits per heavy atom. The second kappa shape index (κ2) is 4.96. The molecule has 1 heterocycles. The summed E-state index contributed by atoms with van der Waals surface area (Å²) in [6.07, 6.45) is 0.831. The molecule has 100 valence electrons. The number of carbonyl (C=O) groups is 2. The van der Waals surface area contributed by atoms with Crippen molar-refractivity contribution in [3.8, 4) is 5.75 Å². The fourth-order valence-corrected chi connectivity index (χ4v) is 2.12. The SMILES string of the molecule is COc1c(F)cc(F)c(/C=C2\SC(=O)NC2=O)c1F. The zero-order chi connectivity index (χ0) is 14.2. The maximum absolute atomic E-state index is 13.8. The topological polar surface area (TPSA) is 55.4 Å². The fraction of sp³-hybridized carbons (Fsp3) is 0.0909. The molecule has 0 unspecified atom stereocenters. The van der Waals surface area contributed by atoms with Gasteiger partial charge in [0, 0.05) is 6.07 Å². The van der Waals surface area contributed by atoms with Gasteiger partial charge in [-0.25, -0.2) is 13.2 Å². The predicted molar refractivity (Wildman–Crippen MR) is 62.0 cm³/mol. The van der Waals surface area contributed by atoms with Crippen molar-refractivity contribution in [1.82, 2.24) is 5.32 Å². The summed E-state index contributed by atoms with van der Waals surface area (Å²) in [5.74, 6) is -5.20. The summed E-state index contributed by atoms with van der Waals surface area (Å²) in [6.45, 7) is 0. The third kappa shape index (κ3) is 2.43. The van der Waals surface area contributed by atoms with E-state index in [0.717, 1.165) is 13.2 Å². The molecule has 1 N–H and O–H groups in total. The molecule has 1 aromatic carbocycles. The molecule has 1 fully saturated rings. The highest BCUT2D eigenvalue weighted by atomic mass is 32.2. The van der Waals surface area contributed by atoms with Crippen LogP contribution >= 0.6 is 11.8 Å². The van der Waals surface area contributed by atoms with Crippen LogP contribution in [0.3, 0.4) is 0 Å². The first-order valence-corrected chi connectivity index (χ1v) is 5.72. The highest BCUT2D eigenvalue weighted by Gasteiger charge is 2.27. The number of amides is 2. The summed E-state index contributed by atoms with van der Waals surface area (Å²) >= 11 is 0.497. The third-order valence-corrected chi connectivity index (χ3v) is 3.10. The molecule has 0 saturated carbocycles. The number of carbonyl (C=O) groups excluding carboxylic acids is 2. The van der Waals surface area contributed by atoms with Gasteiger partial charge in [-0.2, -0.15) is 0 Å². The van der Waals surface area contributed by atoms with Crippen molar-refractivity contribution in [3.63, 3.8) is 0 Å². The largest absolute Gasteiger partial charge is 0.491 e. The van der Waals surface area contributed by atoms with E-state index in [1.54, 1.807) is 0 Å². The molecule has 1 aromatic rings. The quantitative estimate of drug-likeness (QED) is 0.850. The van der Waals surface area contributed by atoms with Crippen molar-refractivity contribution in [3.05, 3.63) is 34.0 Å². The molecule has 0 aliphatic carbocycles. The predicted octanol–water partition coefficient (Wildman–Crippen LogP) is 2.44. The van der Waals surface area contributed by atoms with Gasteiger partial charge in [0.2, 0.25) is 0 Å². The smallest absolute Gasteiger partial charge is 0.290 e. The number of rotatable bonds is 2. The van der Waals surface area contributed by atoms with E-state index in [-0.39, 0.29) is 4.91 Å². The van der Waals surface area contributed by atoms with Gasteiger partial charge in [-0.15, -0.1) is 0 Å². The first kappa shape index (κ1) is 13.5. The summed E-state index contributed by atoms with van der Waals surface area (Å²) < 4.78 is 44.9. The number of ether oxygens (including phenoxy) is 1. The number of hydrogen-bond acceptors (Lipinski definition) is 4. The highest BCUT2D eigenvalue weighted by Crippen LogP contribution is 2.31. The van der Waals surface area contributed by atoms with Gasteiger partial charge in [0.05, 0.1) is 17.6 Å². The van der Waals surface area contributed by atoms with Crippen LogP contribution in [0.15, 0.2) is 11.0 Å². The average molecular weight is 289 g/mol. The number of benzene rings is 1. The second-order valence-corrected chi connectivity index (χ2v) is 4.47. The number of halogens is 3. The Labute approximate surface area is 109 Å². The fourth-order valence-electron chi connectivity index (χ4n) is 1.46. The molecule has 0 radical (unpaired) electrons.